The van der Waals surface area contributed by atoms with Crippen molar-refractivity contribution < 1.29 is 38.7 Å². The van der Waals surface area contributed by atoms with E-state index >= 15 is 0 Å². The number of carbonyl (C=O) groups excluding carboxylic acids is 4. The Hall–Kier alpha value is -7.80. The molecule has 4 atom stereocenters. The first-order chi connectivity index (χ1) is 34.3. The van der Waals surface area contributed by atoms with Gasteiger partial charge in [-0.15, -0.1) is 0 Å². The third-order valence-corrected chi connectivity index (χ3v) is 13.5. The Kier molecular flexibility index (Phi) is 14.4. The lowest BCUT2D eigenvalue weighted by atomic mass is 9.79. The highest BCUT2D eigenvalue weighted by atomic mass is 79.9. The van der Waals surface area contributed by atoms with Crippen molar-refractivity contribution in [2.75, 3.05) is 42.3 Å². The van der Waals surface area contributed by atoms with Gasteiger partial charge >= 0.3 is 7.12 Å². The number of hydrogen-bond acceptors (Lipinski definition) is 12. The number of nitrogens with two attached hydrogens (primary N) is 2. The Morgan fingerprint density at radius 1 is 0.611 bits per heavy atom. The van der Waals surface area contributed by atoms with E-state index in [0.29, 0.717) is 46.5 Å². The van der Waals surface area contributed by atoms with E-state index in [0.717, 1.165) is 32.3 Å². The van der Waals surface area contributed by atoms with Crippen LogP contribution in [0.4, 0.5) is 0 Å². The molecule has 4 amide bonds. The van der Waals surface area contributed by atoms with Crippen molar-refractivity contribution in [1.29, 1.82) is 0 Å². The van der Waals surface area contributed by atoms with Crippen LogP contribution >= 0.6 is 15.9 Å². The number of amides is 4. The average molecular weight is 1030 g/mol. The molecule has 0 saturated carbocycles. The molecule has 0 saturated heterocycles. The highest BCUT2D eigenvalue weighted by molar-refractivity contribution is 9.10. The van der Waals surface area contributed by atoms with Crippen LogP contribution in [0.3, 0.4) is 0 Å². The van der Waals surface area contributed by atoms with E-state index in [1.807, 2.05) is 109 Å². The van der Waals surface area contributed by atoms with Gasteiger partial charge in [0.25, 0.3) is 23.6 Å². The molecule has 72 heavy (non-hydrogen) atoms. The van der Waals surface area contributed by atoms with E-state index in [9.17, 15) is 19.2 Å². The van der Waals surface area contributed by atoms with E-state index in [4.69, 9.17) is 36.0 Å². The number of carbonyl (C=O) groups is 4. The van der Waals surface area contributed by atoms with Crippen LogP contribution in [0.5, 0.6) is 11.5 Å². The minimum Gasteiger partial charge on any atom is -0.485 e. The second-order valence-corrected chi connectivity index (χ2v) is 19.1. The fourth-order valence-electron chi connectivity index (χ4n) is 9.05. The summed E-state index contributed by atoms with van der Waals surface area (Å²) in [5, 5.41) is 17.6. The molecule has 0 radical (unpaired) electrons. The summed E-state index contributed by atoms with van der Waals surface area (Å²) in [6.07, 6.45) is 0.188. The summed E-state index contributed by atoms with van der Waals surface area (Å²) in [6, 6.07) is 44.8. The summed E-state index contributed by atoms with van der Waals surface area (Å²) in [5.74, 6) is 1.26. The number of hydrogen-bond donors (Lipinski definition) is 4. The van der Waals surface area contributed by atoms with Crippen molar-refractivity contribution in [3.8, 4) is 22.6 Å². The monoisotopic (exact) mass is 1030 g/mol. The Labute approximate surface area is 426 Å². The fraction of sp³-hybridized carbons (Fsp3) is 0.222. The number of ether oxygens (including phenoxy) is 2. The summed E-state index contributed by atoms with van der Waals surface area (Å²) in [4.78, 5) is 65.3. The summed E-state index contributed by atoms with van der Waals surface area (Å²) in [7, 11) is 8.59. The molecule has 0 bridgehead atoms. The molecule has 16 nitrogen and oxygen atoms in total. The first-order valence-corrected chi connectivity index (χ1v) is 23.8. The zero-order valence-corrected chi connectivity index (χ0v) is 42.1. The van der Waals surface area contributed by atoms with Crippen molar-refractivity contribution in [3.05, 3.63) is 183 Å². The number of fused-ring (bicyclic) bond motifs is 4. The summed E-state index contributed by atoms with van der Waals surface area (Å²) in [6.45, 7) is 0. The van der Waals surface area contributed by atoms with Crippen LogP contribution in [0, 0.1) is 0 Å². The Morgan fingerprint density at radius 2 is 1.01 bits per heavy atom. The number of nitrogens with zero attached hydrogens (tertiary/aromatic N) is 6. The van der Waals surface area contributed by atoms with Gasteiger partial charge in [-0.25, -0.2) is 9.98 Å². The summed E-state index contributed by atoms with van der Waals surface area (Å²) < 4.78 is 13.4. The predicted molar refractivity (Wildman–Crippen MR) is 279 cm³/mol. The maximum absolute atomic E-state index is 13.5. The molecule has 6 aromatic rings. The maximum Gasteiger partial charge on any atom is 0.488 e. The maximum atomic E-state index is 13.5. The number of likely N-dealkylation sites (N-methyl/N-ethyl adjacent to an activating group) is 2. The van der Waals surface area contributed by atoms with E-state index < -0.39 is 18.2 Å². The molecule has 4 aliphatic rings. The van der Waals surface area contributed by atoms with Gasteiger partial charge < -0.3 is 40.8 Å². The van der Waals surface area contributed by atoms with E-state index in [2.05, 4.69) is 20.9 Å². The molecular formula is C54H54BBrN8O8. The Balaban J connectivity index is 0.000000158. The van der Waals surface area contributed by atoms with Crippen molar-refractivity contribution in [2.24, 2.45) is 21.5 Å². The van der Waals surface area contributed by atoms with Gasteiger partial charge in [0.1, 0.15) is 23.7 Å². The minimum atomic E-state index is -1.49. The van der Waals surface area contributed by atoms with Gasteiger partial charge in [-0.05, 0) is 82.3 Å². The van der Waals surface area contributed by atoms with Crippen LogP contribution in [0.1, 0.15) is 68.0 Å². The topological polar surface area (TPSA) is 217 Å². The number of guanidine groups is 2. The first kappa shape index (κ1) is 50.6. The number of rotatable bonds is 6. The molecule has 4 unspecified atom stereocenters. The van der Waals surface area contributed by atoms with E-state index in [1.54, 1.807) is 71.5 Å². The lowest BCUT2D eigenvalue weighted by Gasteiger charge is -2.37. The van der Waals surface area contributed by atoms with Gasteiger partial charge in [-0.1, -0.05) is 107 Å². The molecule has 10 rings (SSSR count). The summed E-state index contributed by atoms with van der Waals surface area (Å²) >= 11 is 3.47. The molecule has 0 aliphatic carbocycles. The quantitative estimate of drug-likeness (QED) is 0.152. The van der Waals surface area contributed by atoms with Crippen LogP contribution < -0.4 is 26.4 Å². The van der Waals surface area contributed by atoms with Gasteiger partial charge in [-0.3, -0.25) is 29.0 Å². The third-order valence-electron chi connectivity index (χ3n) is 13.0. The Bertz CT molecular complexity index is 3090. The zero-order chi connectivity index (χ0) is 51.6. The molecule has 4 aliphatic heterocycles. The van der Waals surface area contributed by atoms with Gasteiger partial charge in [0.15, 0.2) is 23.0 Å². The molecule has 0 fully saturated rings. The van der Waals surface area contributed by atoms with Gasteiger partial charge in [0, 0.05) is 81.9 Å². The van der Waals surface area contributed by atoms with Crippen molar-refractivity contribution in [2.45, 2.75) is 36.1 Å². The standard InChI is InChI=1S/C27H26N4O3.C18H16BrN3O2.C9H12BNO3/c1-30(2)24(32)19-11-9-17(10-12-19)20-13-14-22-21(15-20)27(25(33)31(3)26(28)29-27)16-23(34-22)18-7-5-4-6-8-18;1-22-16(23)18(21-17(22)20)10-15(11-5-3-2-4-6-11)24-14-8-7-12(19)9-13(14)18;1-11(2)9(12)7-3-5-8(6-4-7)10(13)14/h4-15,23H,16H2,1-3H3,(H2,28,29);2-9,15H,10H2,1H3,(H2,20,21);3-6,13-14H,1-2H3. The largest absolute Gasteiger partial charge is 0.488 e. The molecule has 4 heterocycles. The number of benzene rings is 6. The van der Waals surface area contributed by atoms with Crippen LogP contribution in [0.2, 0.25) is 0 Å². The lowest BCUT2D eigenvalue weighted by molar-refractivity contribution is -0.133. The van der Waals surface area contributed by atoms with Gasteiger partial charge in [0.05, 0.1) is 0 Å². The SMILES string of the molecule is CN(C)C(=O)c1ccc(-c2ccc3c(c2)C2(CC(c4ccccc4)O3)N=C(N)N(C)C2=O)cc1.CN(C)C(=O)c1ccc(B(O)O)cc1.CN1C(=O)C2(CC(c3ccccc3)Oc3ccc(Br)cc32)N=C1N. The Morgan fingerprint density at radius 3 is 1.42 bits per heavy atom. The highest BCUT2D eigenvalue weighted by Gasteiger charge is 2.55. The molecule has 18 heteroatoms. The molecule has 368 valence electrons. The lowest BCUT2D eigenvalue weighted by Crippen LogP contribution is -2.43. The molecule has 6 N–H and O–H groups in total. The van der Waals surface area contributed by atoms with E-state index in [1.165, 1.54) is 26.8 Å². The fourth-order valence-corrected chi connectivity index (χ4v) is 9.41. The molecule has 2 spiro atoms. The smallest absolute Gasteiger partial charge is 0.485 e. The predicted octanol–water partition coefficient (Wildman–Crippen LogP) is 5.58. The van der Waals surface area contributed by atoms with Crippen LogP contribution in [-0.4, -0.2) is 115 Å². The van der Waals surface area contributed by atoms with Gasteiger partial charge in [0.2, 0.25) is 0 Å². The average Bonchev–Trinajstić information content (AvgIpc) is 3.74. The van der Waals surface area contributed by atoms with Crippen LogP contribution in [0.25, 0.3) is 11.1 Å². The van der Waals surface area contributed by atoms with Crippen LogP contribution in [-0.2, 0) is 20.7 Å². The highest BCUT2D eigenvalue weighted by Crippen LogP contribution is 2.52. The molecular weight excluding hydrogens is 979 g/mol. The van der Waals surface area contributed by atoms with Crippen molar-refractivity contribution >= 4 is 64.1 Å². The molecule has 0 aromatic heterocycles. The van der Waals surface area contributed by atoms with E-state index in [-0.39, 0.29) is 47.8 Å². The second-order valence-electron chi connectivity index (χ2n) is 18.2. The van der Waals surface area contributed by atoms with Crippen molar-refractivity contribution in [1.82, 2.24) is 19.6 Å². The third kappa shape index (κ3) is 9.80. The van der Waals surface area contributed by atoms with Crippen LogP contribution in [0.15, 0.2) is 160 Å². The minimum absolute atomic E-state index is 0.0549. The second kappa shape index (κ2) is 20.5. The zero-order valence-electron chi connectivity index (χ0n) is 40.6. The number of aliphatic imine (C=N–C) groups is 2. The van der Waals surface area contributed by atoms with Crippen molar-refractivity contribution in [3.63, 3.8) is 0 Å². The normalized spacial score (nSPS) is 20.3. The molecule has 6 aromatic carbocycles. The first-order valence-electron chi connectivity index (χ1n) is 23.0. The van der Waals surface area contributed by atoms with Gasteiger partial charge in [-0.2, -0.15) is 0 Å². The number of halogens is 1. The summed E-state index contributed by atoms with van der Waals surface area (Å²) in [5.41, 5.74) is 16.7.